The minimum absolute atomic E-state index is 0.180. The van der Waals surface area contributed by atoms with Gasteiger partial charge in [-0.25, -0.2) is 4.98 Å². The summed E-state index contributed by atoms with van der Waals surface area (Å²) in [6.45, 7) is 4.29. The topological polar surface area (TPSA) is 64.7 Å². The SMILES string of the molecule is CCCc1nc(N)nc(C2(C)CC2)n1. The highest BCUT2D eigenvalue weighted by atomic mass is 15.1. The number of hydrogen-bond acceptors (Lipinski definition) is 4. The third-order valence-electron chi connectivity index (χ3n) is 2.71. The number of aromatic nitrogens is 3. The van der Waals surface area contributed by atoms with Crippen molar-refractivity contribution in [2.24, 2.45) is 0 Å². The summed E-state index contributed by atoms with van der Waals surface area (Å²) in [4.78, 5) is 12.8. The van der Waals surface area contributed by atoms with Crippen LogP contribution in [0.25, 0.3) is 0 Å². The van der Waals surface area contributed by atoms with Crippen molar-refractivity contribution in [3.63, 3.8) is 0 Å². The first kappa shape index (κ1) is 9.37. The summed E-state index contributed by atoms with van der Waals surface area (Å²) in [6.07, 6.45) is 4.26. The van der Waals surface area contributed by atoms with E-state index in [1.165, 1.54) is 12.8 Å². The lowest BCUT2D eigenvalue weighted by atomic mass is 10.1. The molecule has 1 fully saturated rings. The molecule has 76 valence electrons. The van der Waals surface area contributed by atoms with Crippen molar-refractivity contribution in [2.75, 3.05) is 5.73 Å². The molecular weight excluding hydrogens is 176 g/mol. The van der Waals surface area contributed by atoms with E-state index in [9.17, 15) is 0 Å². The predicted molar refractivity (Wildman–Crippen MR) is 54.8 cm³/mol. The van der Waals surface area contributed by atoms with E-state index in [-0.39, 0.29) is 5.41 Å². The molecule has 1 aromatic heterocycles. The molecule has 2 rings (SSSR count). The third kappa shape index (κ3) is 1.69. The predicted octanol–water partition coefficient (Wildman–Crippen LogP) is 1.46. The molecule has 0 radical (unpaired) electrons. The molecule has 1 aliphatic carbocycles. The van der Waals surface area contributed by atoms with E-state index < -0.39 is 0 Å². The second-order valence-electron chi connectivity index (χ2n) is 4.24. The smallest absolute Gasteiger partial charge is 0.223 e. The van der Waals surface area contributed by atoms with Crippen LogP contribution in [0, 0.1) is 0 Å². The second kappa shape index (κ2) is 3.19. The van der Waals surface area contributed by atoms with Crippen LogP contribution < -0.4 is 5.73 Å². The Morgan fingerprint density at radius 1 is 1.29 bits per heavy atom. The van der Waals surface area contributed by atoms with Crippen molar-refractivity contribution in [1.29, 1.82) is 0 Å². The molecule has 4 nitrogen and oxygen atoms in total. The number of nitrogens with two attached hydrogens (primary N) is 1. The van der Waals surface area contributed by atoms with Crippen molar-refractivity contribution >= 4 is 5.95 Å². The summed E-state index contributed by atoms with van der Waals surface area (Å²) in [6, 6.07) is 0. The molecule has 0 atom stereocenters. The van der Waals surface area contributed by atoms with Crippen LogP contribution in [0.3, 0.4) is 0 Å². The Kier molecular flexibility index (Phi) is 2.13. The molecule has 0 saturated heterocycles. The van der Waals surface area contributed by atoms with Gasteiger partial charge >= 0.3 is 0 Å². The van der Waals surface area contributed by atoms with Gasteiger partial charge in [-0.15, -0.1) is 0 Å². The van der Waals surface area contributed by atoms with Crippen molar-refractivity contribution in [1.82, 2.24) is 15.0 Å². The van der Waals surface area contributed by atoms with Crippen molar-refractivity contribution in [2.45, 2.75) is 44.9 Å². The Morgan fingerprint density at radius 3 is 2.57 bits per heavy atom. The van der Waals surface area contributed by atoms with E-state index in [4.69, 9.17) is 5.73 Å². The summed E-state index contributed by atoms with van der Waals surface area (Å²) in [5.41, 5.74) is 5.83. The second-order valence-corrected chi connectivity index (χ2v) is 4.24. The van der Waals surface area contributed by atoms with Gasteiger partial charge in [0.05, 0.1) is 0 Å². The fourth-order valence-corrected chi connectivity index (χ4v) is 1.45. The van der Waals surface area contributed by atoms with E-state index in [1.807, 2.05) is 0 Å². The van der Waals surface area contributed by atoms with E-state index in [2.05, 4.69) is 28.8 Å². The third-order valence-corrected chi connectivity index (χ3v) is 2.71. The maximum atomic E-state index is 5.65. The molecule has 0 bridgehead atoms. The summed E-state index contributed by atoms with van der Waals surface area (Å²) < 4.78 is 0. The molecular formula is C10H16N4. The number of aryl methyl sites for hydroxylation is 1. The lowest BCUT2D eigenvalue weighted by Crippen LogP contribution is -2.13. The lowest BCUT2D eigenvalue weighted by Gasteiger charge is -2.08. The van der Waals surface area contributed by atoms with Crippen molar-refractivity contribution in [3.05, 3.63) is 11.6 Å². The van der Waals surface area contributed by atoms with Gasteiger partial charge in [-0.05, 0) is 19.3 Å². The van der Waals surface area contributed by atoms with E-state index in [0.29, 0.717) is 5.95 Å². The van der Waals surface area contributed by atoms with Crippen molar-refractivity contribution < 1.29 is 0 Å². The molecule has 1 aromatic rings. The Bertz CT molecular complexity index is 344. The summed E-state index contributed by atoms with van der Waals surface area (Å²) >= 11 is 0. The molecule has 0 aromatic carbocycles. The number of anilines is 1. The number of nitrogen functional groups attached to an aromatic ring is 1. The molecule has 2 N–H and O–H groups in total. The average Bonchev–Trinajstić information content (AvgIpc) is 2.85. The van der Waals surface area contributed by atoms with Gasteiger partial charge in [0.1, 0.15) is 11.6 Å². The number of nitrogens with zero attached hydrogens (tertiary/aromatic N) is 3. The van der Waals surface area contributed by atoms with Gasteiger partial charge in [0, 0.05) is 11.8 Å². The average molecular weight is 192 g/mol. The highest BCUT2D eigenvalue weighted by Gasteiger charge is 2.42. The molecule has 1 aliphatic rings. The van der Waals surface area contributed by atoms with Gasteiger partial charge in [0.25, 0.3) is 0 Å². The molecule has 14 heavy (non-hydrogen) atoms. The lowest BCUT2D eigenvalue weighted by molar-refractivity contribution is 0.678. The Balaban J connectivity index is 2.32. The van der Waals surface area contributed by atoms with Gasteiger partial charge in [-0.2, -0.15) is 9.97 Å². The monoisotopic (exact) mass is 192 g/mol. The number of hydrogen-bond donors (Lipinski definition) is 1. The van der Waals surface area contributed by atoms with Crippen LogP contribution in [0.5, 0.6) is 0 Å². The zero-order valence-electron chi connectivity index (χ0n) is 8.75. The molecule has 1 saturated carbocycles. The molecule has 0 aliphatic heterocycles. The van der Waals surface area contributed by atoms with Crippen LogP contribution >= 0.6 is 0 Å². The van der Waals surface area contributed by atoms with Crippen LogP contribution in [0.4, 0.5) is 5.95 Å². The first-order valence-corrected chi connectivity index (χ1v) is 5.15. The van der Waals surface area contributed by atoms with Gasteiger partial charge < -0.3 is 5.73 Å². The minimum atomic E-state index is 0.180. The molecule has 4 heteroatoms. The zero-order chi connectivity index (χ0) is 10.2. The zero-order valence-corrected chi connectivity index (χ0v) is 8.75. The van der Waals surface area contributed by atoms with E-state index in [1.54, 1.807) is 0 Å². The first-order valence-electron chi connectivity index (χ1n) is 5.15. The first-order chi connectivity index (χ1) is 6.64. The normalized spacial score (nSPS) is 18.1. The van der Waals surface area contributed by atoms with E-state index in [0.717, 1.165) is 24.5 Å². The van der Waals surface area contributed by atoms with Crippen molar-refractivity contribution in [3.8, 4) is 0 Å². The highest BCUT2D eigenvalue weighted by molar-refractivity contribution is 5.23. The molecule has 0 amide bonds. The fourth-order valence-electron chi connectivity index (χ4n) is 1.45. The summed E-state index contributed by atoms with van der Waals surface area (Å²) in [5, 5.41) is 0. The van der Waals surface area contributed by atoms with E-state index >= 15 is 0 Å². The number of rotatable bonds is 3. The quantitative estimate of drug-likeness (QED) is 0.787. The van der Waals surface area contributed by atoms with Crippen LogP contribution in [-0.2, 0) is 11.8 Å². The van der Waals surface area contributed by atoms with Crippen LogP contribution in [-0.4, -0.2) is 15.0 Å². The van der Waals surface area contributed by atoms with Crippen LogP contribution in [0.2, 0.25) is 0 Å². The van der Waals surface area contributed by atoms with Gasteiger partial charge in [-0.3, -0.25) is 0 Å². The van der Waals surface area contributed by atoms with Crippen LogP contribution in [0.1, 0.15) is 44.8 Å². The molecule has 0 unspecified atom stereocenters. The fraction of sp³-hybridized carbons (Fsp3) is 0.700. The largest absolute Gasteiger partial charge is 0.368 e. The molecule has 1 heterocycles. The summed E-state index contributed by atoms with van der Waals surface area (Å²) in [7, 11) is 0. The molecule has 0 spiro atoms. The Labute approximate surface area is 84.0 Å². The standard InChI is InChI=1S/C10H16N4/c1-3-4-7-12-8(10(2)5-6-10)14-9(11)13-7/h3-6H2,1-2H3,(H2,11,12,13,14). The maximum Gasteiger partial charge on any atom is 0.223 e. The van der Waals surface area contributed by atoms with Gasteiger partial charge in [-0.1, -0.05) is 13.8 Å². The minimum Gasteiger partial charge on any atom is -0.368 e. The Morgan fingerprint density at radius 2 is 2.00 bits per heavy atom. The maximum absolute atomic E-state index is 5.65. The van der Waals surface area contributed by atoms with Crippen LogP contribution in [0.15, 0.2) is 0 Å². The van der Waals surface area contributed by atoms with Gasteiger partial charge in [0.15, 0.2) is 0 Å². The Hall–Kier alpha value is -1.19. The highest BCUT2D eigenvalue weighted by Crippen LogP contribution is 2.45. The van der Waals surface area contributed by atoms with Gasteiger partial charge in [0.2, 0.25) is 5.95 Å². The summed E-state index contributed by atoms with van der Waals surface area (Å²) in [5.74, 6) is 2.09.